The molecule has 0 radical (unpaired) electrons. The molecule has 0 fully saturated rings. The van der Waals surface area contributed by atoms with Crippen LogP contribution in [-0.4, -0.2) is 11.1 Å². The minimum atomic E-state index is -4.21. The molecule has 0 amide bonds. The van der Waals surface area contributed by atoms with Crippen LogP contribution in [0.2, 0.25) is 0 Å². The summed E-state index contributed by atoms with van der Waals surface area (Å²) < 4.78 is 35.4. The lowest BCUT2D eigenvalue weighted by Gasteiger charge is -2.03. The summed E-state index contributed by atoms with van der Waals surface area (Å²) >= 11 is 0. The first kappa shape index (κ1) is 15.5. The second-order valence-corrected chi connectivity index (χ2v) is 3.36. The average Bonchev–Trinajstić information content (AvgIpc) is 2.27. The third-order valence-electron chi connectivity index (χ3n) is 1.85. The first-order valence-corrected chi connectivity index (χ1v) is 5.22. The van der Waals surface area contributed by atoms with Crippen molar-refractivity contribution in [1.29, 1.82) is 0 Å². The van der Waals surface area contributed by atoms with E-state index in [0.717, 1.165) is 25.0 Å². The monoisotopic (exact) mass is 248 g/mol. The van der Waals surface area contributed by atoms with Gasteiger partial charge >= 0.3 is 12.1 Å². The zero-order valence-corrected chi connectivity index (χ0v) is 9.50. The number of alkyl halides is 3. The first-order valence-electron chi connectivity index (χ1n) is 5.22. The summed E-state index contributed by atoms with van der Waals surface area (Å²) in [6.45, 7) is 1.98. The van der Waals surface area contributed by atoms with Gasteiger partial charge in [0.25, 0.3) is 0 Å². The number of hydrogen-bond donors (Lipinski definition) is 1. The SMILES string of the molecule is CCCCC(=O)O.FC(F)(F)c1ccccc1. The Bertz CT molecular complexity index is 320. The molecular weight excluding hydrogens is 233 g/mol. The second-order valence-electron chi connectivity index (χ2n) is 3.36. The van der Waals surface area contributed by atoms with Crippen LogP contribution in [0.25, 0.3) is 0 Å². The molecule has 0 aliphatic carbocycles. The molecule has 17 heavy (non-hydrogen) atoms. The maximum atomic E-state index is 11.8. The number of hydrogen-bond acceptors (Lipinski definition) is 1. The predicted molar refractivity (Wildman–Crippen MR) is 58.6 cm³/mol. The highest BCUT2D eigenvalue weighted by Gasteiger charge is 2.29. The fraction of sp³-hybridized carbons (Fsp3) is 0.417. The van der Waals surface area contributed by atoms with Crippen molar-refractivity contribution in [1.82, 2.24) is 0 Å². The number of benzene rings is 1. The summed E-state index contributed by atoms with van der Waals surface area (Å²) in [5, 5.41) is 8.04. The summed E-state index contributed by atoms with van der Waals surface area (Å²) in [4.78, 5) is 9.76. The zero-order valence-electron chi connectivity index (χ0n) is 9.50. The van der Waals surface area contributed by atoms with Crippen LogP contribution in [0.4, 0.5) is 13.2 Å². The molecule has 1 rings (SSSR count). The van der Waals surface area contributed by atoms with Crippen molar-refractivity contribution in [2.45, 2.75) is 32.4 Å². The molecule has 1 aromatic rings. The van der Waals surface area contributed by atoms with Crippen LogP contribution in [-0.2, 0) is 11.0 Å². The van der Waals surface area contributed by atoms with Crippen molar-refractivity contribution in [2.24, 2.45) is 0 Å². The summed E-state index contributed by atoms with van der Waals surface area (Å²) in [7, 11) is 0. The summed E-state index contributed by atoms with van der Waals surface area (Å²) in [5.74, 6) is -0.693. The van der Waals surface area contributed by atoms with E-state index >= 15 is 0 Å². The third kappa shape index (κ3) is 8.30. The maximum absolute atomic E-state index is 11.8. The Morgan fingerprint density at radius 1 is 1.24 bits per heavy atom. The van der Waals surface area contributed by atoms with Crippen molar-refractivity contribution in [3.8, 4) is 0 Å². The van der Waals surface area contributed by atoms with E-state index in [-0.39, 0.29) is 0 Å². The molecule has 0 aliphatic rings. The molecule has 0 aliphatic heterocycles. The van der Waals surface area contributed by atoms with E-state index in [1.807, 2.05) is 6.92 Å². The number of unbranched alkanes of at least 4 members (excludes halogenated alkanes) is 1. The Morgan fingerprint density at radius 2 is 1.76 bits per heavy atom. The van der Waals surface area contributed by atoms with E-state index in [2.05, 4.69) is 0 Å². The van der Waals surface area contributed by atoms with Crippen LogP contribution in [0.5, 0.6) is 0 Å². The Labute approximate surface area is 98.1 Å². The highest BCUT2D eigenvalue weighted by molar-refractivity contribution is 5.66. The first-order chi connectivity index (χ1) is 7.88. The Kier molecular flexibility index (Phi) is 7.02. The number of aliphatic carboxylic acids is 1. The van der Waals surface area contributed by atoms with Crippen LogP contribution < -0.4 is 0 Å². The van der Waals surface area contributed by atoms with Crippen LogP contribution in [0.15, 0.2) is 30.3 Å². The molecule has 0 heterocycles. The van der Waals surface area contributed by atoms with Crippen molar-refractivity contribution >= 4 is 5.97 Å². The van der Waals surface area contributed by atoms with Gasteiger partial charge in [-0.2, -0.15) is 13.2 Å². The molecule has 2 nitrogen and oxygen atoms in total. The van der Waals surface area contributed by atoms with Gasteiger partial charge in [-0.1, -0.05) is 43.7 Å². The largest absolute Gasteiger partial charge is 0.481 e. The van der Waals surface area contributed by atoms with Gasteiger partial charge in [-0.15, -0.1) is 0 Å². The van der Waals surface area contributed by atoms with E-state index in [0.29, 0.717) is 6.42 Å². The fourth-order valence-corrected chi connectivity index (χ4v) is 0.955. The van der Waals surface area contributed by atoms with Crippen molar-refractivity contribution < 1.29 is 23.1 Å². The fourth-order valence-electron chi connectivity index (χ4n) is 0.955. The quantitative estimate of drug-likeness (QED) is 0.878. The van der Waals surface area contributed by atoms with Gasteiger partial charge in [0.2, 0.25) is 0 Å². The number of halogens is 3. The second kappa shape index (κ2) is 7.70. The molecule has 96 valence electrons. The Hall–Kier alpha value is -1.52. The number of carbonyl (C=O) groups is 1. The molecule has 0 aromatic heterocycles. The standard InChI is InChI=1S/C7H5F3.C5H10O2/c8-7(9,10)6-4-2-1-3-5-6;1-2-3-4-5(6)7/h1-5H;2-4H2,1H3,(H,6,7). The molecule has 1 aromatic carbocycles. The minimum absolute atomic E-state index is 0.316. The van der Waals surface area contributed by atoms with Crippen molar-refractivity contribution in [3.05, 3.63) is 35.9 Å². The van der Waals surface area contributed by atoms with E-state index in [1.54, 1.807) is 6.07 Å². The number of rotatable bonds is 3. The third-order valence-corrected chi connectivity index (χ3v) is 1.85. The van der Waals surface area contributed by atoms with Crippen LogP contribution in [0.1, 0.15) is 31.7 Å². The highest BCUT2D eigenvalue weighted by Crippen LogP contribution is 2.28. The smallest absolute Gasteiger partial charge is 0.416 e. The molecule has 0 unspecified atom stereocenters. The molecule has 0 saturated heterocycles. The molecule has 0 spiro atoms. The van der Waals surface area contributed by atoms with E-state index in [1.165, 1.54) is 12.1 Å². The predicted octanol–water partition coefficient (Wildman–Crippen LogP) is 3.97. The highest BCUT2D eigenvalue weighted by atomic mass is 19.4. The average molecular weight is 248 g/mol. The van der Waals surface area contributed by atoms with Crippen LogP contribution >= 0.6 is 0 Å². The van der Waals surface area contributed by atoms with Gasteiger partial charge in [0.05, 0.1) is 5.56 Å². The molecule has 0 bridgehead atoms. The van der Waals surface area contributed by atoms with Gasteiger partial charge in [-0.25, -0.2) is 0 Å². The Balaban J connectivity index is 0.000000325. The van der Waals surface area contributed by atoms with Crippen molar-refractivity contribution in [3.63, 3.8) is 0 Å². The van der Waals surface area contributed by atoms with Crippen molar-refractivity contribution in [2.75, 3.05) is 0 Å². The normalized spacial score (nSPS) is 10.4. The molecule has 5 heteroatoms. The lowest BCUT2D eigenvalue weighted by molar-refractivity contribution is -0.138. The van der Waals surface area contributed by atoms with Gasteiger partial charge in [0, 0.05) is 6.42 Å². The van der Waals surface area contributed by atoms with Gasteiger partial charge in [-0.05, 0) is 6.42 Å². The minimum Gasteiger partial charge on any atom is -0.481 e. The van der Waals surface area contributed by atoms with E-state index in [9.17, 15) is 18.0 Å². The van der Waals surface area contributed by atoms with Gasteiger partial charge in [-0.3, -0.25) is 4.79 Å². The summed E-state index contributed by atoms with van der Waals surface area (Å²) in [6, 6.07) is 6.36. The summed E-state index contributed by atoms with van der Waals surface area (Å²) in [6.07, 6.45) is -2.13. The van der Waals surface area contributed by atoms with Crippen LogP contribution in [0, 0.1) is 0 Å². The molecule has 0 saturated carbocycles. The molecular formula is C12H15F3O2. The van der Waals surface area contributed by atoms with Crippen LogP contribution in [0.3, 0.4) is 0 Å². The summed E-state index contributed by atoms with van der Waals surface area (Å²) in [5.41, 5.74) is -0.602. The zero-order chi connectivity index (χ0) is 13.3. The van der Waals surface area contributed by atoms with Gasteiger partial charge < -0.3 is 5.11 Å². The topological polar surface area (TPSA) is 37.3 Å². The lowest BCUT2D eigenvalue weighted by Crippen LogP contribution is -2.03. The van der Waals surface area contributed by atoms with Gasteiger partial charge in [0.1, 0.15) is 0 Å². The number of carboxylic acid groups (broad SMARTS) is 1. The van der Waals surface area contributed by atoms with Gasteiger partial charge in [0.15, 0.2) is 0 Å². The molecule has 0 atom stereocenters. The lowest BCUT2D eigenvalue weighted by atomic mass is 10.2. The van der Waals surface area contributed by atoms with E-state index < -0.39 is 17.7 Å². The van der Waals surface area contributed by atoms with E-state index in [4.69, 9.17) is 5.11 Å². The number of carboxylic acids is 1. The maximum Gasteiger partial charge on any atom is 0.416 e. The Morgan fingerprint density at radius 3 is 2.00 bits per heavy atom. The molecule has 1 N–H and O–H groups in total.